The number of nitrogens with zero attached hydrogens (tertiary/aromatic N) is 3. The van der Waals surface area contributed by atoms with Crippen LogP contribution >= 0.6 is 11.6 Å². The molecule has 0 aromatic carbocycles. The molecule has 1 N–H and O–H groups in total. The minimum atomic E-state index is -0.430. The number of anilines is 1. The smallest absolute Gasteiger partial charge is 0.278 e. The summed E-state index contributed by atoms with van der Waals surface area (Å²) >= 11 is 5.55. The molecule has 7 heteroatoms. The van der Waals surface area contributed by atoms with Crippen LogP contribution in [-0.4, -0.2) is 21.0 Å². The zero-order valence-corrected chi connectivity index (χ0v) is 9.02. The lowest BCUT2D eigenvalue weighted by Gasteiger charge is -1.99. The van der Waals surface area contributed by atoms with Gasteiger partial charge in [-0.1, -0.05) is 16.8 Å². The van der Waals surface area contributed by atoms with Gasteiger partial charge in [0.25, 0.3) is 5.91 Å². The number of rotatable bonds is 2. The molecule has 0 fully saturated rings. The lowest BCUT2D eigenvalue weighted by atomic mass is 10.4. The summed E-state index contributed by atoms with van der Waals surface area (Å²) in [6.07, 6.45) is 2.57. The highest BCUT2D eigenvalue weighted by Gasteiger charge is 2.10. The zero-order valence-electron chi connectivity index (χ0n) is 8.27. The molecule has 2 aromatic rings. The molecule has 0 spiro atoms. The summed E-state index contributed by atoms with van der Waals surface area (Å²) in [6.45, 7) is 1.75. The SMILES string of the molecule is Cc1cc(NC(=O)c2cnc(Cl)cn2)on1. The Morgan fingerprint density at radius 3 is 2.81 bits per heavy atom. The van der Waals surface area contributed by atoms with Crippen molar-refractivity contribution in [3.8, 4) is 0 Å². The number of carbonyl (C=O) groups excluding carboxylic acids is 1. The first-order valence-electron chi connectivity index (χ1n) is 4.37. The Bertz CT molecular complexity index is 508. The van der Waals surface area contributed by atoms with Gasteiger partial charge in [0.1, 0.15) is 10.8 Å². The van der Waals surface area contributed by atoms with Crippen molar-refractivity contribution < 1.29 is 9.32 Å². The third-order valence-corrected chi connectivity index (χ3v) is 1.91. The maximum absolute atomic E-state index is 11.6. The summed E-state index contributed by atoms with van der Waals surface area (Å²) in [7, 11) is 0. The van der Waals surface area contributed by atoms with Gasteiger partial charge in [-0.3, -0.25) is 10.1 Å². The second-order valence-electron chi connectivity index (χ2n) is 3.01. The van der Waals surface area contributed by atoms with Gasteiger partial charge in [-0.05, 0) is 6.92 Å². The molecular weight excluding hydrogens is 232 g/mol. The van der Waals surface area contributed by atoms with Crippen molar-refractivity contribution >= 4 is 23.4 Å². The fourth-order valence-corrected chi connectivity index (χ4v) is 1.13. The normalized spacial score (nSPS) is 10.1. The molecule has 2 rings (SSSR count). The fraction of sp³-hybridized carbons (Fsp3) is 0.111. The van der Waals surface area contributed by atoms with Crippen molar-refractivity contribution in [1.29, 1.82) is 0 Å². The Kier molecular flexibility index (Phi) is 2.82. The van der Waals surface area contributed by atoms with Crippen LogP contribution in [0.1, 0.15) is 16.2 Å². The van der Waals surface area contributed by atoms with Gasteiger partial charge in [0, 0.05) is 6.07 Å². The molecular formula is C9H7ClN4O2. The van der Waals surface area contributed by atoms with Gasteiger partial charge in [0.05, 0.1) is 18.1 Å². The molecule has 0 saturated carbocycles. The molecule has 0 aliphatic rings. The standard InChI is InChI=1S/C9H7ClN4O2/c1-5-2-8(16-14-5)13-9(15)6-3-12-7(10)4-11-6/h2-4H,1H3,(H,13,15). The maximum Gasteiger partial charge on any atom is 0.278 e. The number of hydrogen-bond acceptors (Lipinski definition) is 5. The quantitative estimate of drug-likeness (QED) is 0.861. The largest absolute Gasteiger partial charge is 0.338 e. The molecule has 0 aliphatic carbocycles. The van der Waals surface area contributed by atoms with Crippen molar-refractivity contribution in [2.45, 2.75) is 6.92 Å². The number of nitrogens with one attached hydrogen (secondary N) is 1. The highest BCUT2D eigenvalue weighted by molar-refractivity contribution is 6.29. The minimum absolute atomic E-state index is 0.151. The van der Waals surface area contributed by atoms with E-state index in [0.29, 0.717) is 5.69 Å². The highest BCUT2D eigenvalue weighted by Crippen LogP contribution is 2.10. The van der Waals surface area contributed by atoms with E-state index in [0.717, 1.165) is 0 Å². The maximum atomic E-state index is 11.6. The molecule has 0 atom stereocenters. The van der Waals surface area contributed by atoms with Crippen molar-refractivity contribution in [2.24, 2.45) is 0 Å². The van der Waals surface area contributed by atoms with Crippen LogP contribution in [0, 0.1) is 6.92 Å². The van der Waals surface area contributed by atoms with Crippen LogP contribution in [0.4, 0.5) is 5.88 Å². The van der Waals surface area contributed by atoms with Gasteiger partial charge in [0.2, 0.25) is 5.88 Å². The summed E-state index contributed by atoms with van der Waals surface area (Å²) < 4.78 is 4.82. The predicted octanol–water partition coefficient (Wildman–Crippen LogP) is 1.68. The first kappa shape index (κ1) is 10.6. The Hall–Kier alpha value is -1.95. The molecule has 16 heavy (non-hydrogen) atoms. The second kappa shape index (κ2) is 4.28. The second-order valence-corrected chi connectivity index (χ2v) is 3.40. The monoisotopic (exact) mass is 238 g/mol. The van der Waals surface area contributed by atoms with Gasteiger partial charge in [-0.2, -0.15) is 0 Å². The van der Waals surface area contributed by atoms with Crippen molar-refractivity contribution in [3.05, 3.63) is 35.0 Å². The van der Waals surface area contributed by atoms with E-state index in [2.05, 4.69) is 20.4 Å². The van der Waals surface area contributed by atoms with Crippen LogP contribution < -0.4 is 5.32 Å². The number of hydrogen-bond donors (Lipinski definition) is 1. The Morgan fingerprint density at radius 2 is 2.25 bits per heavy atom. The van der Waals surface area contributed by atoms with Gasteiger partial charge in [-0.25, -0.2) is 9.97 Å². The lowest BCUT2D eigenvalue weighted by molar-refractivity contribution is 0.101. The lowest BCUT2D eigenvalue weighted by Crippen LogP contribution is -2.13. The van der Waals surface area contributed by atoms with Crippen LogP contribution in [0.5, 0.6) is 0 Å². The number of carbonyl (C=O) groups is 1. The van der Waals surface area contributed by atoms with Crippen molar-refractivity contribution in [3.63, 3.8) is 0 Å². The minimum Gasteiger partial charge on any atom is -0.338 e. The summed E-state index contributed by atoms with van der Waals surface area (Å²) in [6, 6.07) is 1.60. The van der Waals surface area contributed by atoms with Crippen LogP contribution in [0.25, 0.3) is 0 Å². The predicted molar refractivity (Wildman–Crippen MR) is 56.2 cm³/mol. The molecule has 0 bridgehead atoms. The Labute approximate surface area is 95.6 Å². The number of aryl methyl sites for hydroxylation is 1. The van der Waals surface area contributed by atoms with Gasteiger partial charge in [0.15, 0.2) is 0 Å². The van der Waals surface area contributed by atoms with E-state index >= 15 is 0 Å². The summed E-state index contributed by atoms with van der Waals surface area (Å²) in [5.41, 5.74) is 0.830. The van der Waals surface area contributed by atoms with E-state index in [-0.39, 0.29) is 16.7 Å². The van der Waals surface area contributed by atoms with Crippen molar-refractivity contribution in [1.82, 2.24) is 15.1 Å². The molecule has 6 nitrogen and oxygen atoms in total. The van der Waals surface area contributed by atoms with Gasteiger partial charge < -0.3 is 4.52 Å². The van der Waals surface area contributed by atoms with Crippen LogP contribution in [0.3, 0.4) is 0 Å². The third-order valence-electron chi connectivity index (χ3n) is 1.72. The van der Waals surface area contributed by atoms with E-state index in [1.165, 1.54) is 12.4 Å². The van der Waals surface area contributed by atoms with Gasteiger partial charge in [-0.15, -0.1) is 0 Å². The molecule has 82 valence electrons. The first-order chi connectivity index (χ1) is 7.65. The van der Waals surface area contributed by atoms with E-state index in [9.17, 15) is 4.79 Å². The average molecular weight is 239 g/mol. The molecule has 2 heterocycles. The van der Waals surface area contributed by atoms with E-state index in [1.54, 1.807) is 13.0 Å². The first-order valence-corrected chi connectivity index (χ1v) is 4.75. The summed E-state index contributed by atoms with van der Waals surface area (Å²) in [5, 5.41) is 6.34. The van der Waals surface area contributed by atoms with Crippen LogP contribution in [-0.2, 0) is 0 Å². The Balaban J connectivity index is 2.11. The summed E-state index contributed by atoms with van der Waals surface area (Å²) in [4.78, 5) is 19.1. The molecule has 0 radical (unpaired) electrons. The molecule has 2 aromatic heterocycles. The molecule has 0 aliphatic heterocycles. The van der Waals surface area contributed by atoms with Crippen LogP contribution in [0.15, 0.2) is 23.0 Å². The van der Waals surface area contributed by atoms with E-state index < -0.39 is 5.91 Å². The topological polar surface area (TPSA) is 80.9 Å². The zero-order chi connectivity index (χ0) is 11.5. The number of halogens is 1. The average Bonchev–Trinajstić information content (AvgIpc) is 2.65. The van der Waals surface area contributed by atoms with E-state index in [1.807, 2.05) is 0 Å². The molecule has 0 unspecified atom stereocenters. The highest BCUT2D eigenvalue weighted by atomic mass is 35.5. The van der Waals surface area contributed by atoms with E-state index in [4.69, 9.17) is 16.1 Å². The van der Waals surface area contributed by atoms with Crippen molar-refractivity contribution in [2.75, 3.05) is 5.32 Å². The number of aromatic nitrogens is 3. The fourth-order valence-electron chi connectivity index (χ4n) is 1.03. The Morgan fingerprint density at radius 1 is 1.44 bits per heavy atom. The molecule has 0 saturated heterocycles. The van der Waals surface area contributed by atoms with Crippen LogP contribution in [0.2, 0.25) is 5.15 Å². The number of amides is 1. The van der Waals surface area contributed by atoms with Gasteiger partial charge >= 0.3 is 0 Å². The molecule has 1 amide bonds. The summed E-state index contributed by atoms with van der Waals surface area (Å²) in [5.74, 6) is -0.167. The third kappa shape index (κ3) is 2.34.